The molecule has 2 N–H and O–H groups in total. The van der Waals surface area contributed by atoms with Crippen LogP contribution in [0.2, 0.25) is 5.02 Å². The topological polar surface area (TPSA) is 49.9 Å². The van der Waals surface area contributed by atoms with Gasteiger partial charge in [-0.1, -0.05) is 41.9 Å². The highest BCUT2D eigenvalue weighted by atomic mass is 35.5. The molecule has 0 spiro atoms. The Labute approximate surface area is 149 Å². The van der Waals surface area contributed by atoms with Gasteiger partial charge in [-0.15, -0.1) is 0 Å². The number of halogens is 1. The van der Waals surface area contributed by atoms with E-state index >= 15 is 0 Å². The van der Waals surface area contributed by atoms with Gasteiger partial charge >= 0.3 is 0 Å². The average molecular weight is 346 g/mol. The second-order valence-electron chi connectivity index (χ2n) is 6.24. The van der Waals surface area contributed by atoms with Crippen molar-refractivity contribution in [2.75, 3.05) is 5.32 Å². The van der Waals surface area contributed by atoms with Gasteiger partial charge in [0.25, 0.3) is 0 Å². The number of aromatic nitrogens is 2. The number of benzene rings is 1. The third-order valence-corrected chi connectivity index (χ3v) is 4.92. The molecule has 24 heavy (non-hydrogen) atoms. The minimum atomic E-state index is 0. The molecule has 1 aromatic carbocycles. The molecule has 4 nitrogen and oxygen atoms in total. The summed E-state index contributed by atoms with van der Waals surface area (Å²) in [5, 5.41) is 5.28. The largest absolute Gasteiger partial charge is 0.378 e. The van der Waals surface area contributed by atoms with Gasteiger partial charge in [-0.2, -0.15) is 0 Å². The molecule has 2 aromatic heterocycles. The van der Waals surface area contributed by atoms with Gasteiger partial charge in [0.2, 0.25) is 0 Å². The predicted molar refractivity (Wildman–Crippen MR) is 102 cm³/mol. The number of hydrogen-bond acceptors (Lipinski definition) is 3. The number of hydrogen-bond donors (Lipinski definition) is 2. The van der Waals surface area contributed by atoms with Crippen molar-refractivity contribution in [2.24, 2.45) is 0 Å². The van der Waals surface area contributed by atoms with E-state index in [-0.39, 0.29) is 15.0 Å². The van der Waals surface area contributed by atoms with Crippen LogP contribution in [0.25, 0.3) is 11.0 Å². The molecule has 0 saturated heterocycles. The van der Waals surface area contributed by atoms with E-state index in [1.54, 1.807) is 6.20 Å². The first-order valence-corrected chi connectivity index (χ1v) is 8.73. The molecule has 0 radical (unpaired) electrons. The number of ether oxygens (including phenoxy) is 1. The summed E-state index contributed by atoms with van der Waals surface area (Å²) in [7, 11) is 0. The monoisotopic (exact) mass is 345 g/mol. The van der Waals surface area contributed by atoms with Crippen molar-refractivity contribution < 1.29 is 7.59 Å². The van der Waals surface area contributed by atoms with E-state index in [4.69, 9.17) is 16.3 Å². The zero-order chi connectivity index (χ0) is 16.4. The summed E-state index contributed by atoms with van der Waals surface area (Å²) in [4.78, 5) is 7.44. The van der Waals surface area contributed by atoms with Crippen LogP contribution in [0.5, 0.6) is 0 Å². The number of H-pyrrole nitrogens is 1. The fourth-order valence-electron chi connectivity index (χ4n) is 3.38. The smallest absolute Gasteiger partial charge is 0.139 e. The lowest BCUT2D eigenvalue weighted by Crippen LogP contribution is -2.30. The molecule has 2 heterocycles. The second-order valence-corrected chi connectivity index (χ2v) is 6.65. The van der Waals surface area contributed by atoms with E-state index in [0.29, 0.717) is 11.6 Å². The molecular weight excluding hydrogens is 322 g/mol. The average Bonchev–Trinajstić information content (AvgIpc) is 3.25. The number of aromatic amines is 1. The van der Waals surface area contributed by atoms with Gasteiger partial charge < -0.3 is 15.0 Å². The Hall–Kier alpha value is -2.04. The van der Waals surface area contributed by atoms with Crippen molar-refractivity contribution in [3.8, 4) is 0 Å². The minimum Gasteiger partial charge on any atom is -0.378 e. The van der Waals surface area contributed by atoms with Crippen molar-refractivity contribution in [2.45, 2.75) is 38.0 Å². The SMILES string of the molecule is Clc1cnc2[nH]ccc2c1N[C@@H]1CCC[C@H]1OCc1ccccc1.[HH].[HH]. The van der Waals surface area contributed by atoms with Gasteiger partial charge in [-0.05, 0) is 30.9 Å². The summed E-state index contributed by atoms with van der Waals surface area (Å²) in [5.74, 6) is 0. The van der Waals surface area contributed by atoms with Crippen LogP contribution in [0, 0.1) is 0 Å². The van der Waals surface area contributed by atoms with E-state index < -0.39 is 0 Å². The number of nitrogens with one attached hydrogen (secondary N) is 2. The fraction of sp³-hybridized carbons (Fsp3) is 0.316. The lowest BCUT2D eigenvalue weighted by Gasteiger charge is -2.23. The van der Waals surface area contributed by atoms with E-state index in [1.165, 1.54) is 5.56 Å². The molecule has 2 atom stereocenters. The van der Waals surface area contributed by atoms with Gasteiger partial charge in [0, 0.05) is 14.4 Å². The zero-order valence-corrected chi connectivity index (χ0v) is 14.1. The Morgan fingerprint density at radius 1 is 1.25 bits per heavy atom. The fourth-order valence-corrected chi connectivity index (χ4v) is 3.59. The third-order valence-electron chi connectivity index (χ3n) is 4.63. The highest BCUT2D eigenvalue weighted by molar-refractivity contribution is 6.34. The van der Waals surface area contributed by atoms with Crippen LogP contribution >= 0.6 is 11.6 Å². The lowest BCUT2D eigenvalue weighted by atomic mass is 10.1. The van der Waals surface area contributed by atoms with Crippen molar-refractivity contribution in [3.05, 3.63) is 59.4 Å². The molecule has 3 aromatic rings. The number of pyridine rings is 1. The molecule has 128 valence electrons. The van der Waals surface area contributed by atoms with Crippen LogP contribution in [0.4, 0.5) is 5.69 Å². The number of nitrogens with zero attached hydrogens (tertiary/aromatic N) is 1. The number of rotatable bonds is 5. The highest BCUT2D eigenvalue weighted by Gasteiger charge is 2.29. The standard InChI is InChI=1S/C19H20ClN3O.2H2/c20-15-11-22-19-14(9-10-21-19)18(15)23-16-7-4-8-17(16)24-12-13-5-2-1-3-6-13;;/h1-3,5-6,9-11,16-17H,4,7-8,12H2,(H2,21,22,23);2*1H/t16-,17-;;/m1../s1. The van der Waals surface area contributed by atoms with E-state index in [0.717, 1.165) is 36.0 Å². The Morgan fingerprint density at radius 3 is 3.00 bits per heavy atom. The van der Waals surface area contributed by atoms with Gasteiger partial charge in [0.15, 0.2) is 0 Å². The van der Waals surface area contributed by atoms with Gasteiger partial charge in [0.05, 0.1) is 35.7 Å². The van der Waals surface area contributed by atoms with Gasteiger partial charge in [-0.3, -0.25) is 0 Å². The van der Waals surface area contributed by atoms with Crippen molar-refractivity contribution in [3.63, 3.8) is 0 Å². The minimum absolute atomic E-state index is 0. The van der Waals surface area contributed by atoms with Crippen LogP contribution in [0.1, 0.15) is 27.7 Å². The molecular formula is C19H24ClN3O. The summed E-state index contributed by atoms with van der Waals surface area (Å²) in [5.41, 5.74) is 3.00. The van der Waals surface area contributed by atoms with Crippen LogP contribution in [0.3, 0.4) is 0 Å². The van der Waals surface area contributed by atoms with E-state index in [9.17, 15) is 0 Å². The summed E-state index contributed by atoms with van der Waals surface area (Å²) in [6.45, 7) is 0.646. The second kappa shape index (κ2) is 6.83. The summed E-state index contributed by atoms with van der Waals surface area (Å²) in [6.07, 6.45) is 7.10. The van der Waals surface area contributed by atoms with Gasteiger partial charge in [0.1, 0.15) is 5.65 Å². The van der Waals surface area contributed by atoms with Crippen molar-refractivity contribution in [1.82, 2.24) is 9.97 Å². The molecule has 0 amide bonds. The third kappa shape index (κ3) is 3.12. The molecule has 1 aliphatic rings. The maximum Gasteiger partial charge on any atom is 0.139 e. The van der Waals surface area contributed by atoms with Crippen LogP contribution < -0.4 is 5.32 Å². The normalized spacial score (nSPS) is 20.5. The van der Waals surface area contributed by atoms with Crippen molar-refractivity contribution >= 4 is 28.3 Å². The summed E-state index contributed by atoms with van der Waals surface area (Å²) in [6, 6.07) is 12.6. The summed E-state index contributed by atoms with van der Waals surface area (Å²) >= 11 is 6.38. The maximum absolute atomic E-state index is 6.38. The Balaban J connectivity index is 0.00000121. The molecule has 0 aliphatic heterocycles. The quantitative estimate of drug-likeness (QED) is 0.663. The first-order valence-electron chi connectivity index (χ1n) is 8.35. The molecule has 4 rings (SSSR count). The number of fused-ring (bicyclic) bond motifs is 1. The molecule has 0 bridgehead atoms. The van der Waals surface area contributed by atoms with Crippen LogP contribution in [-0.2, 0) is 11.3 Å². The Kier molecular flexibility index (Phi) is 4.41. The predicted octanol–water partition coefficient (Wildman–Crippen LogP) is 5.26. The first-order chi connectivity index (χ1) is 11.8. The van der Waals surface area contributed by atoms with Crippen LogP contribution in [-0.4, -0.2) is 22.1 Å². The molecule has 5 heteroatoms. The van der Waals surface area contributed by atoms with Gasteiger partial charge in [-0.25, -0.2) is 4.98 Å². The molecule has 1 fully saturated rings. The Morgan fingerprint density at radius 2 is 2.12 bits per heavy atom. The molecule has 1 aliphatic carbocycles. The van der Waals surface area contributed by atoms with E-state index in [1.807, 2.05) is 30.5 Å². The van der Waals surface area contributed by atoms with E-state index in [2.05, 4.69) is 27.4 Å². The zero-order valence-electron chi connectivity index (χ0n) is 13.3. The molecule has 0 unspecified atom stereocenters. The maximum atomic E-state index is 6.38. The van der Waals surface area contributed by atoms with Crippen LogP contribution in [0.15, 0.2) is 48.8 Å². The lowest BCUT2D eigenvalue weighted by molar-refractivity contribution is 0.0395. The first kappa shape index (κ1) is 15.5. The highest BCUT2D eigenvalue weighted by Crippen LogP contribution is 2.33. The Bertz CT molecular complexity index is 828. The molecule has 1 saturated carbocycles. The summed E-state index contributed by atoms with van der Waals surface area (Å²) < 4.78 is 6.18. The van der Waals surface area contributed by atoms with Crippen molar-refractivity contribution in [1.29, 1.82) is 0 Å². The number of anilines is 1.